The SMILES string of the molecule is Cc1noc(C)c1S(=O)(=O)NCCc1nn2c(C)nnc2s1. The molecule has 0 unspecified atom stereocenters. The molecule has 0 atom stereocenters. The number of rotatable bonds is 5. The summed E-state index contributed by atoms with van der Waals surface area (Å²) in [6.45, 7) is 5.20. The van der Waals surface area contributed by atoms with Crippen molar-refractivity contribution < 1.29 is 12.9 Å². The number of aromatic nitrogens is 5. The van der Waals surface area contributed by atoms with E-state index < -0.39 is 10.0 Å². The lowest BCUT2D eigenvalue weighted by molar-refractivity contribution is 0.390. The van der Waals surface area contributed by atoms with Gasteiger partial charge in [0.05, 0.1) is 0 Å². The number of hydrogen-bond acceptors (Lipinski definition) is 8. The number of sulfonamides is 1. The summed E-state index contributed by atoms with van der Waals surface area (Å²) in [5, 5.41) is 16.6. The van der Waals surface area contributed by atoms with Crippen LogP contribution in [0.5, 0.6) is 0 Å². The Morgan fingerprint density at radius 2 is 2.05 bits per heavy atom. The van der Waals surface area contributed by atoms with E-state index >= 15 is 0 Å². The normalized spacial score (nSPS) is 12.3. The maximum Gasteiger partial charge on any atom is 0.245 e. The van der Waals surface area contributed by atoms with Crippen LogP contribution in [0.2, 0.25) is 0 Å². The Balaban J connectivity index is 1.70. The van der Waals surface area contributed by atoms with Crippen LogP contribution < -0.4 is 4.72 Å². The highest BCUT2D eigenvalue weighted by Gasteiger charge is 2.23. The van der Waals surface area contributed by atoms with E-state index in [4.69, 9.17) is 4.52 Å². The highest BCUT2D eigenvalue weighted by atomic mass is 32.2. The van der Waals surface area contributed by atoms with Crippen molar-refractivity contribution in [3.05, 3.63) is 22.3 Å². The summed E-state index contributed by atoms with van der Waals surface area (Å²) < 4.78 is 33.6. The molecular formula is C11H14N6O3S2. The van der Waals surface area contributed by atoms with Gasteiger partial charge in [-0.3, -0.25) is 0 Å². The van der Waals surface area contributed by atoms with Gasteiger partial charge >= 0.3 is 0 Å². The molecule has 0 aliphatic carbocycles. The highest BCUT2D eigenvalue weighted by molar-refractivity contribution is 7.89. The van der Waals surface area contributed by atoms with E-state index in [-0.39, 0.29) is 17.2 Å². The third-order valence-electron chi connectivity index (χ3n) is 3.06. The standard InChI is InChI=1S/C11H14N6O3S2/c1-6-10(7(2)20-16-6)22(18,19)12-5-4-9-15-17-8(3)13-14-11(17)21-9/h12H,4-5H2,1-3H3. The van der Waals surface area contributed by atoms with Crippen LogP contribution in [0.1, 0.15) is 22.3 Å². The summed E-state index contributed by atoms with van der Waals surface area (Å²) >= 11 is 1.39. The van der Waals surface area contributed by atoms with Crippen LogP contribution in [0.4, 0.5) is 0 Å². The molecule has 3 heterocycles. The van der Waals surface area contributed by atoms with Crippen molar-refractivity contribution in [1.82, 2.24) is 29.7 Å². The summed E-state index contributed by atoms with van der Waals surface area (Å²) in [6, 6.07) is 0. The van der Waals surface area contributed by atoms with Gasteiger partial charge in [0.1, 0.15) is 15.6 Å². The van der Waals surface area contributed by atoms with Crippen molar-refractivity contribution in [2.24, 2.45) is 0 Å². The molecule has 0 aromatic carbocycles. The summed E-state index contributed by atoms with van der Waals surface area (Å²) in [5.41, 5.74) is 0.347. The van der Waals surface area contributed by atoms with Gasteiger partial charge in [-0.05, 0) is 20.8 Å². The van der Waals surface area contributed by atoms with Gasteiger partial charge in [-0.15, -0.1) is 10.2 Å². The maximum atomic E-state index is 12.2. The van der Waals surface area contributed by atoms with Gasteiger partial charge in [0, 0.05) is 13.0 Å². The number of nitrogens with one attached hydrogen (secondary N) is 1. The summed E-state index contributed by atoms with van der Waals surface area (Å²) in [6.07, 6.45) is 0.468. The molecule has 0 radical (unpaired) electrons. The molecule has 0 aliphatic heterocycles. The van der Waals surface area contributed by atoms with Crippen molar-refractivity contribution in [1.29, 1.82) is 0 Å². The second-order valence-corrected chi connectivity index (χ2v) is 7.48. The lowest BCUT2D eigenvalue weighted by Gasteiger charge is -2.04. The topological polar surface area (TPSA) is 115 Å². The molecule has 0 saturated heterocycles. The summed E-state index contributed by atoms with van der Waals surface area (Å²) in [5.74, 6) is 0.980. The van der Waals surface area contributed by atoms with E-state index in [0.717, 1.165) is 5.01 Å². The first-order valence-electron chi connectivity index (χ1n) is 6.49. The summed E-state index contributed by atoms with van der Waals surface area (Å²) in [4.78, 5) is 0.794. The average molecular weight is 342 g/mol. The van der Waals surface area contributed by atoms with Crippen LogP contribution in [0.15, 0.2) is 9.42 Å². The van der Waals surface area contributed by atoms with Gasteiger partial charge in [-0.1, -0.05) is 16.5 Å². The first-order valence-corrected chi connectivity index (χ1v) is 8.78. The average Bonchev–Trinajstić information content (AvgIpc) is 3.08. The van der Waals surface area contributed by atoms with Gasteiger partial charge in [0.2, 0.25) is 15.0 Å². The molecule has 0 fully saturated rings. The molecule has 0 bridgehead atoms. The zero-order valence-electron chi connectivity index (χ0n) is 12.2. The van der Waals surface area contributed by atoms with Crippen LogP contribution >= 0.6 is 11.3 Å². The molecule has 3 rings (SSSR count). The number of aryl methyl sites for hydroxylation is 3. The maximum absolute atomic E-state index is 12.2. The third-order valence-corrected chi connectivity index (χ3v) is 5.72. The van der Waals surface area contributed by atoms with Crippen LogP contribution in [0, 0.1) is 20.8 Å². The third kappa shape index (κ3) is 2.62. The van der Waals surface area contributed by atoms with Gasteiger partial charge in [0.15, 0.2) is 11.6 Å². The zero-order valence-corrected chi connectivity index (χ0v) is 13.8. The quantitative estimate of drug-likeness (QED) is 0.722. The Labute approximate surface area is 130 Å². The van der Waals surface area contributed by atoms with Crippen molar-refractivity contribution in [3.63, 3.8) is 0 Å². The summed E-state index contributed by atoms with van der Waals surface area (Å²) in [7, 11) is -3.64. The van der Waals surface area contributed by atoms with Gasteiger partial charge < -0.3 is 4.52 Å². The van der Waals surface area contributed by atoms with Crippen molar-refractivity contribution in [3.8, 4) is 0 Å². The Kier molecular flexibility index (Phi) is 3.70. The van der Waals surface area contributed by atoms with E-state index in [1.165, 1.54) is 11.3 Å². The molecular weight excluding hydrogens is 328 g/mol. The number of hydrogen-bond donors (Lipinski definition) is 1. The fourth-order valence-corrected chi connectivity index (χ4v) is 4.31. The van der Waals surface area contributed by atoms with E-state index in [2.05, 4.69) is 25.2 Å². The lowest BCUT2D eigenvalue weighted by atomic mass is 10.4. The molecule has 0 saturated carbocycles. The van der Waals surface area contributed by atoms with Crippen molar-refractivity contribution in [2.45, 2.75) is 32.1 Å². The molecule has 0 aliphatic rings. The molecule has 1 N–H and O–H groups in total. The van der Waals surface area contributed by atoms with Crippen LogP contribution in [-0.2, 0) is 16.4 Å². The first-order chi connectivity index (χ1) is 10.4. The van der Waals surface area contributed by atoms with Crippen LogP contribution in [0.3, 0.4) is 0 Å². The van der Waals surface area contributed by atoms with Crippen molar-refractivity contribution in [2.75, 3.05) is 6.54 Å². The molecule has 118 valence electrons. The highest BCUT2D eigenvalue weighted by Crippen LogP contribution is 2.19. The second-order valence-electron chi connectivity index (χ2n) is 4.74. The van der Waals surface area contributed by atoms with Gasteiger partial charge in [-0.2, -0.15) is 9.61 Å². The van der Waals surface area contributed by atoms with E-state index in [1.807, 2.05) is 6.92 Å². The molecule has 0 amide bonds. The van der Waals surface area contributed by atoms with Gasteiger partial charge in [-0.25, -0.2) is 13.1 Å². The van der Waals surface area contributed by atoms with Crippen LogP contribution in [-0.4, -0.2) is 39.9 Å². The smallest absolute Gasteiger partial charge is 0.245 e. The lowest BCUT2D eigenvalue weighted by Crippen LogP contribution is -2.26. The second kappa shape index (κ2) is 5.41. The number of fused-ring (bicyclic) bond motifs is 1. The Morgan fingerprint density at radius 1 is 1.27 bits per heavy atom. The minimum Gasteiger partial charge on any atom is -0.360 e. The molecule has 22 heavy (non-hydrogen) atoms. The molecule has 9 nitrogen and oxygen atoms in total. The minimum atomic E-state index is -3.64. The molecule has 11 heteroatoms. The molecule has 3 aromatic rings. The Morgan fingerprint density at radius 3 is 2.68 bits per heavy atom. The minimum absolute atomic E-state index is 0.0986. The van der Waals surface area contributed by atoms with Gasteiger partial charge in [0.25, 0.3) is 0 Å². The monoisotopic (exact) mass is 342 g/mol. The fraction of sp³-hybridized carbons (Fsp3) is 0.455. The number of nitrogens with zero attached hydrogens (tertiary/aromatic N) is 5. The van der Waals surface area contributed by atoms with Crippen molar-refractivity contribution >= 4 is 26.3 Å². The molecule has 0 spiro atoms. The molecule has 3 aromatic heterocycles. The Bertz CT molecular complexity index is 904. The largest absolute Gasteiger partial charge is 0.360 e. The van der Waals surface area contributed by atoms with Crippen LogP contribution in [0.25, 0.3) is 4.96 Å². The van der Waals surface area contributed by atoms with E-state index in [9.17, 15) is 8.42 Å². The predicted molar refractivity (Wildman–Crippen MR) is 78.3 cm³/mol. The first kappa shape index (κ1) is 15.1. The van der Waals surface area contributed by atoms with E-state index in [1.54, 1.807) is 18.4 Å². The Hall–Kier alpha value is -1.85. The van der Waals surface area contributed by atoms with E-state index in [0.29, 0.717) is 22.9 Å². The predicted octanol–water partition coefficient (Wildman–Crippen LogP) is 0.620. The fourth-order valence-electron chi connectivity index (χ4n) is 2.08. The zero-order chi connectivity index (χ0) is 15.9.